The van der Waals surface area contributed by atoms with Crippen LogP contribution in [0.4, 0.5) is 5.69 Å². The summed E-state index contributed by atoms with van der Waals surface area (Å²) in [5.74, 6) is 0.140. The first kappa shape index (κ1) is 20.0. The quantitative estimate of drug-likeness (QED) is 0.620. The molecule has 2 aromatic carbocycles. The fraction of sp³-hybridized carbons (Fsp3) is 0.333. The van der Waals surface area contributed by atoms with E-state index >= 15 is 0 Å². The van der Waals surface area contributed by atoms with Gasteiger partial charge < -0.3 is 19.8 Å². The molecule has 30 heavy (non-hydrogen) atoms. The van der Waals surface area contributed by atoms with E-state index in [-0.39, 0.29) is 11.8 Å². The van der Waals surface area contributed by atoms with Crippen LogP contribution in [0.5, 0.6) is 5.75 Å². The fourth-order valence-corrected chi connectivity index (χ4v) is 4.14. The topological polar surface area (TPSA) is 78.1 Å². The van der Waals surface area contributed by atoms with Crippen LogP contribution >= 0.6 is 0 Å². The fourth-order valence-electron chi connectivity index (χ4n) is 4.14. The van der Waals surface area contributed by atoms with Crippen molar-refractivity contribution < 1.29 is 9.52 Å². The zero-order valence-electron chi connectivity index (χ0n) is 17.8. The third-order valence-electron chi connectivity index (χ3n) is 5.66. The van der Waals surface area contributed by atoms with E-state index in [4.69, 9.17) is 4.42 Å². The average molecular weight is 405 g/mol. The van der Waals surface area contributed by atoms with E-state index in [0.29, 0.717) is 29.4 Å². The number of fused-ring (bicyclic) bond motifs is 1. The van der Waals surface area contributed by atoms with Gasteiger partial charge >= 0.3 is 5.63 Å². The first-order valence-corrected chi connectivity index (χ1v) is 10.3. The number of phenolic OH excluding ortho intramolecular Hbond substituents is 1. The highest BCUT2D eigenvalue weighted by Crippen LogP contribution is 2.37. The Bertz CT molecular complexity index is 1180. The van der Waals surface area contributed by atoms with Gasteiger partial charge in [-0.15, -0.1) is 0 Å². The number of aryl methyl sites for hydroxylation is 2. The maximum atomic E-state index is 11.9. The van der Waals surface area contributed by atoms with Crippen molar-refractivity contribution >= 4 is 22.4 Å². The predicted molar refractivity (Wildman–Crippen MR) is 121 cm³/mol. The number of benzene rings is 2. The van der Waals surface area contributed by atoms with Crippen molar-refractivity contribution in [1.82, 2.24) is 5.43 Å². The molecule has 0 bridgehead atoms. The minimum absolute atomic E-state index is 0.0505. The van der Waals surface area contributed by atoms with Crippen LogP contribution in [0.3, 0.4) is 0 Å². The lowest BCUT2D eigenvalue weighted by molar-refractivity contribution is 0.476. The number of rotatable bonds is 5. The van der Waals surface area contributed by atoms with Gasteiger partial charge in [0.05, 0.1) is 17.1 Å². The molecule has 0 radical (unpaired) electrons. The summed E-state index contributed by atoms with van der Waals surface area (Å²) in [6.07, 6.45) is 2.24. The Morgan fingerprint density at radius 1 is 1.23 bits per heavy atom. The van der Waals surface area contributed by atoms with Gasteiger partial charge in [-0.1, -0.05) is 25.5 Å². The van der Waals surface area contributed by atoms with Gasteiger partial charge in [0.2, 0.25) is 0 Å². The van der Waals surface area contributed by atoms with Crippen molar-refractivity contribution in [3.63, 3.8) is 0 Å². The molecule has 0 saturated heterocycles. The molecule has 0 amide bonds. The van der Waals surface area contributed by atoms with Crippen LogP contribution in [0.15, 0.2) is 50.7 Å². The highest BCUT2D eigenvalue weighted by Gasteiger charge is 2.26. The summed E-state index contributed by atoms with van der Waals surface area (Å²) < 4.78 is 5.37. The van der Waals surface area contributed by atoms with E-state index in [1.54, 1.807) is 0 Å². The molecule has 1 aromatic heterocycles. The largest absolute Gasteiger partial charge is 0.506 e. The monoisotopic (exact) mass is 405 g/mol. The molecule has 2 N–H and O–H groups in total. The second kappa shape index (κ2) is 7.86. The van der Waals surface area contributed by atoms with Crippen molar-refractivity contribution in [2.75, 3.05) is 19.0 Å². The normalized spacial score (nSPS) is 15.9. The minimum atomic E-state index is -0.390. The Kier molecular flexibility index (Phi) is 5.24. The van der Waals surface area contributed by atoms with E-state index in [1.807, 2.05) is 34.0 Å². The van der Waals surface area contributed by atoms with Crippen LogP contribution in [0.25, 0.3) is 11.0 Å². The van der Waals surface area contributed by atoms with E-state index in [0.717, 1.165) is 34.5 Å². The molecule has 6 heteroatoms. The molecule has 6 nitrogen and oxygen atoms in total. The molecule has 1 aliphatic rings. The number of nitrogens with one attached hydrogen (secondary N) is 1. The molecule has 0 fully saturated rings. The first-order chi connectivity index (χ1) is 14.4. The summed E-state index contributed by atoms with van der Waals surface area (Å²) in [5.41, 5.74) is 8.71. The molecule has 2 heterocycles. The van der Waals surface area contributed by atoms with Gasteiger partial charge in [-0.3, -0.25) is 0 Å². The van der Waals surface area contributed by atoms with Crippen LogP contribution in [0.1, 0.15) is 48.1 Å². The number of hydrogen-bond acceptors (Lipinski definition) is 6. The number of phenols is 1. The van der Waals surface area contributed by atoms with Gasteiger partial charge in [0, 0.05) is 37.8 Å². The number of aromatic hydroxyl groups is 1. The van der Waals surface area contributed by atoms with Gasteiger partial charge in [0.15, 0.2) is 0 Å². The molecule has 1 unspecified atom stereocenters. The van der Waals surface area contributed by atoms with Gasteiger partial charge in [0.1, 0.15) is 11.3 Å². The van der Waals surface area contributed by atoms with Crippen molar-refractivity contribution in [2.24, 2.45) is 5.10 Å². The van der Waals surface area contributed by atoms with Crippen molar-refractivity contribution in [1.29, 1.82) is 0 Å². The lowest BCUT2D eigenvalue weighted by atomic mass is 9.92. The van der Waals surface area contributed by atoms with Crippen LogP contribution in [0.2, 0.25) is 0 Å². The maximum Gasteiger partial charge on any atom is 0.336 e. The first-order valence-electron chi connectivity index (χ1n) is 10.3. The van der Waals surface area contributed by atoms with Crippen molar-refractivity contribution in [3.8, 4) is 5.75 Å². The summed E-state index contributed by atoms with van der Waals surface area (Å²) >= 11 is 0. The lowest BCUT2D eigenvalue weighted by Gasteiger charge is -2.16. The van der Waals surface area contributed by atoms with Crippen molar-refractivity contribution in [2.45, 2.75) is 39.2 Å². The molecule has 1 aliphatic heterocycles. The Morgan fingerprint density at radius 3 is 2.63 bits per heavy atom. The Labute approximate surface area is 175 Å². The van der Waals surface area contributed by atoms with Gasteiger partial charge in [0.25, 0.3) is 0 Å². The smallest absolute Gasteiger partial charge is 0.336 e. The predicted octanol–water partition coefficient (Wildman–Crippen LogP) is 4.26. The number of anilines is 1. The van der Waals surface area contributed by atoms with Crippen molar-refractivity contribution in [3.05, 3.63) is 69.1 Å². The highest BCUT2D eigenvalue weighted by molar-refractivity contribution is 6.09. The zero-order valence-corrected chi connectivity index (χ0v) is 17.8. The molecular formula is C24H27N3O3. The SMILES string of the molecule is CCCc1cc(=O)oc2cc(C)c(C3=NNC(c4ccc(N(C)C)cc4)C3)c(O)c12. The van der Waals surface area contributed by atoms with Crippen LogP contribution in [-0.2, 0) is 6.42 Å². The zero-order chi connectivity index (χ0) is 21.4. The Morgan fingerprint density at radius 2 is 1.97 bits per heavy atom. The lowest BCUT2D eigenvalue weighted by Crippen LogP contribution is -2.12. The molecule has 0 saturated carbocycles. The number of hydrogen-bond donors (Lipinski definition) is 2. The van der Waals surface area contributed by atoms with Gasteiger partial charge in [-0.2, -0.15) is 5.10 Å². The van der Waals surface area contributed by atoms with Crippen LogP contribution in [0, 0.1) is 6.92 Å². The average Bonchev–Trinajstić information content (AvgIpc) is 3.17. The molecule has 1 atom stereocenters. The summed E-state index contributed by atoms with van der Waals surface area (Å²) in [4.78, 5) is 14.0. The third kappa shape index (κ3) is 3.54. The van der Waals surface area contributed by atoms with E-state index < -0.39 is 5.63 Å². The maximum absolute atomic E-state index is 11.9. The third-order valence-corrected chi connectivity index (χ3v) is 5.66. The highest BCUT2D eigenvalue weighted by atomic mass is 16.4. The van der Waals surface area contributed by atoms with E-state index in [9.17, 15) is 9.90 Å². The number of hydrazone groups is 1. The van der Waals surface area contributed by atoms with Gasteiger partial charge in [-0.25, -0.2) is 4.79 Å². The van der Waals surface area contributed by atoms with Crippen LogP contribution in [-0.4, -0.2) is 24.9 Å². The van der Waals surface area contributed by atoms with Gasteiger partial charge in [-0.05, 0) is 48.2 Å². The Hall–Kier alpha value is -3.28. The molecule has 0 spiro atoms. The minimum Gasteiger partial charge on any atom is -0.506 e. The van der Waals surface area contributed by atoms with E-state index in [1.165, 1.54) is 6.07 Å². The summed E-state index contributed by atoms with van der Waals surface area (Å²) in [6.45, 7) is 3.95. The number of nitrogens with zero attached hydrogens (tertiary/aromatic N) is 2. The van der Waals surface area contributed by atoms with Crippen LogP contribution < -0.4 is 16.0 Å². The summed E-state index contributed by atoms with van der Waals surface area (Å²) in [7, 11) is 4.04. The Balaban J connectivity index is 1.70. The van der Waals surface area contributed by atoms with E-state index in [2.05, 4.69) is 39.7 Å². The standard InChI is InChI=1S/C24H27N3O3/c1-5-6-16-12-21(28)30-20-11-14(2)22(24(29)23(16)20)19-13-18(25-26-19)15-7-9-17(10-8-15)27(3)4/h7-12,18,25,29H,5-6,13H2,1-4H3. The summed E-state index contributed by atoms with van der Waals surface area (Å²) in [6, 6.07) is 11.7. The molecule has 156 valence electrons. The molecule has 4 rings (SSSR count). The molecular weight excluding hydrogens is 378 g/mol. The molecule has 0 aliphatic carbocycles. The second-order valence-corrected chi connectivity index (χ2v) is 8.06. The molecule has 3 aromatic rings. The summed E-state index contributed by atoms with van der Waals surface area (Å²) in [5, 5.41) is 16.3. The second-order valence-electron chi connectivity index (χ2n) is 8.06.